The Balaban J connectivity index is 1.85. The van der Waals surface area contributed by atoms with Crippen molar-refractivity contribution in [2.45, 2.75) is 6.61 Å². The number of rotatable bonds is 2. The molecule has 0 radical (unpaired) electrons. The molecule has 0 saturated carbocycles. The van der Waals surface area contributed by atoms with Crippen molar-refractivity contribution < 1.29 is 14.4 Å². The lowest BCUT2D eigenvalue weighted by atomic mass is 9.79. The summed E-state index contributed by atoms with van der Waals surface area (Å²) in [6.45, 7) is 0.443. The molecule has 18 heavy (non-hydrogen) atoms. The van der Waals surface area contributed by atoms with Crippen LogP contribution in [0.25, 0.3) is 0 Å². The third kappa shape index (κ3) is 2.06. The summed E-state index contributed by atoms with van der Waals surface area (Å²) in [5, 5.41) is 9.61. The standard InChI is InChI=1S/C13H12BNO3/c15-10-2-5-11(6-3-10)18-12-4-1-9-8-17-14(16)13(9)7-12/h1-7,16H,8,15H2. The molecule has 0 amide bonds. The number of anilines is 1. The van der Waals surface area contributed by atoms with Crippen molar-refractivity contribution >= 4 is 18.3 Å². The quantitative estimate of drug-likeness (QED) is 0.614. The lowest BCUT2D eigenvalue weighted by molar-refractivity contribution is 0.275. The van der Waals surface area contributed by atoms with Crippen LogP contribution < -0.4 is 15.9 Å². The fourth-order valence-corrected chi connectivity index (χ4v) is 1.93. The maximum Gasteiger partial charge on any atom is 0.491 e. The first-order chi connectivity index (χ1) is 8.72. The maximum absolute atomic E-state index is 9.61. The van der Waals surface area contributed by atoms with Gasteiger partial charge in [-0.25, -0.2) is 0 Å². The normalized spacial score (nSPS) is 13.5. The van der Waals surface area contributed by atoms with E-state index in [1.165, 1.54) is 0 Å². The average molecular weight is 241 g/mol. The number of benzene rings is 2. The second-order valence-electron chi connectivity index (χ2n) is 4.20. The van der Waals surface area contributed by atoms with E-state index in [-0.39, 0.29) is 0 Å². The van der Waals surface area contributed by atoms with E-state index in [1.807, 2.05) is 12.1 Å². The van der Waals surface area contributed by atoms with Gasteiger partial charge in [0.2, 0.25) is 0 Å². The number of hydrogen-bond acceptors (Lipinski definition) is 4. The molecule has 3 N–H and O–H groups in total. The molecular formula is C13H12BNO3. The summed E-state index contributed by atoms with van der Waals surface area (Å²) < 4.78 is 10.8. The molecule has 0 aliphatic carbocycles. The van der Waals surface area contributed by atoms with Gasteiger partial charge >= 0.3 is 7.12 Å². The van der Waals surface area contributed by atoms with Crippen molar-refractivity contribution in [1.29, 1.82) is 0 Å². The van der Waals surface area contributed by atoms with E-state index in [1.54, 1.807) is 30.3 Å². The minimum absolute atomic E-state index is 0.443. The van der Waals surface area contributed by atoms with Crippen LogP contribution >= 0.6 is 0 Å². The Morgan fingerprint density at radius 3 is 2.61 bits per heavy atom. The highest BCUT2D eigenvalue weighted by atomic mass is 16.5. The van der Waals surface area contributed by atoms with Crippen LogP contribution in [-0.2, 0) is 11.3 Å². The molecule has 0 atom stereocenters. The number of nitrogens with two attached hydrogens (primary N) is 1. The minimum Gasteiger partial charge on any atom is -0.457 e. The summed E-state index contributed by atoms with van der Waals surface area (Å²) in [6.07, 6.45) is 0. The third-order valence-corrected chi connectivity index (χ3v) is 2.90. The van der Waals surface area contributed by atoms with Gasteiger partial charge in [0.15, 0.2) is 0 Å². The number of ether oxygens (including phenoxy) is 1. The van der Waals surface area contributed by atoms with Crippen molar-refractivity contribution in [3.05, 3.63) is 48.0 Å². The highest BCUT2D eigenvalue weighted by Gasteiger charge is 2.27. The van der Waals surface area contributed by atoms with Gasteiger partial charge in [-0.05, 0) is 47.4 Å². The van der Waals surface area contributed by atoms with E-state index >= 15 is 0 Å². The van der Waals surface area contributed by atoms with Crippen molar-refractivity contribution in [3.63, 3.8) is 0 Å². The fourth-order valence-electron chi connectivity index (χ4n) is 1.93. The lowest BCUT2D eigenvalue weighted by Crippen LogP contribution is -2.27. The van der Waals surface area contributed by atoms with E-state index in [0.29, 0.717) is 23.8 Å². The number of hydrogen-bond donors (Lipinski definition) is 2. The smallest absolute Gasteiger partial charge is 0.457 e. The van der Waals surface area contributed by atoms with Crippen LogP contribution in [0.4, 0.5) is 5.69 Å². The summed E-state index contributed by atoms with van der Waals surface area (Å²) in [6, 6.07) is 12.7. The highest BCUT2D eigenvalue weighted by Crippen LogP contribution is 2.23. The summed E-state index contributed by atoms with van der Waals surface area (Å²) in [5.74, 6) is 1.38. The zero-order valence-electron chi connectivity index (χ0n) is 9.67. The minimum atomic E-state index is -0.852. The summed E-state index contributed by atoms with van der Waals surface area (Å²) in [7, 11) is -0.852. The van der Waals surface area contributed by atoms with Gasteiger partial charge in [0, 0.05) is 5.69 Å². The second-order valence-corrected chi connectivity index (χ2v) is 4.20. The van der Waals surface area contributed by atoms with E-state index in [9.17, 15) is 5.02 Å². The van der Waals surface area contributed by atoms with E-state index in [0.717, 1.165) is 11.0 Å². The molecular weight excluding hydrogens is 229 g/mol. The maximum atomic E-state index is 9.61. The molecule has 0 bridgehead atoms. The lowest BCUT2D eigenvalue weighted by Gasteiger charge is -2.07. The summed E-state index contributed by atoms with van der Waals surface area (Å²) in [4.78, 5) is 0. The van der Waals surface area contributed by atoms with Gasteiger partial charge in [-0.3, -0.25) is 0 Å². The van der Waals surface area contributed by atoms with E-state index in [4.69, 9.17) is 15.1 Å². The van der Waals surface area contributed by atoms with Crippen LogP contribution in [0.15, 0.2) is 42.5 Å². The first-order valence-corrected chi connectivity index (χ1v) is 5.68. The third-order valence-electron chi connectivity index (χ3n) is 2.90. The van der Waals surface area contributed by atoms with Gasteiger partial charge in [0.05, 0.1) is 6.61 Å². The van der Waals surface area contributed by atoms with Crippen molar-refractivity contribution in [2.24, 2.45) is 0 Å². The summed E-state index contributed by atoms with van der Waals surface area (Å²) >= 11 is 0. The number of nitrogen functional groups attached to an aromatic ring is 1. The van der Waals surface area contributed by atoms with Crippen LogP contribution in [0.3, 0.4) is 0 Å². The Hall–Kier alpha value is -1.98. The van der Waals surface area contributed by atoms with Crippen molar-refractivity contribution in [1.82, 2.24) is 0 Å². The van der Waals surface area contributed by atoms with Gasteiger partial charge in [-0.15, -0.1) is 0 Å². The zero-order chi connectivity index (χ0) is 12.5. The van der Waals surface area contributed by atoms with Crippen LogP contribution in [0.2, 0.25) is 0 Å². The molecule has 0 spiro atoms. The van der Waals surface area contributed by atoms with Gasteiger partial charge in [-0.2, -0.15) is 0 Å². The Kier molecular flexibility index (Phi) is 2.70. The molecule has 0 aromatic heterocycles. The molecule has 0 unspecified atom stereocenters. The Labute approximate surface area is 105 Å². The Bertz CT molecular complexity index is 571. The zero-order valence-corrected chi connectivity index (χ0v) is 9.67. The van der Waals surface area contributed by atoms with Gasteiger partial charge < -0.3 is 20.1 Å². The SMILES string of the molecule is Nc1ccc(Oc2ccc3c(c2)B(O)OC3)cc1. The van der Waals surface area contributed by atoms with Crippen LogP contribution in [0.5, 0.6) is 11.5 Å². The van der Waals surface area contributed by atoms with E-state index < -0.39 is 7.12 Å². The first-order valence-electron chi connectivity index (χ1n) is 5.68. The van der Waals surface area contributed by atoms with E-state index in [2.05, 4.69) is 0 Å². The molecule has 2 aromatic carbocycles. The molecule has 1 aliphatic heterocycles. The average Bonchev–Trinajstić information content (AvgIpc) is 2.74. The first kappa shape index (κ1) is 11.1. The predicted molar refractivity (Wildman–Crippen MR) is 69.8 cm³/mol. The van der Waals surface area contributed by atoms with Crippen molar-refractivity contribution in [2.75, 3.05) is 5.73 Å². The Morgan fingerprint density at radius 1 is 1.11 bits per heavy atom. The molecule has 3 rings (SSSR count). The van der Waals surface area contributed by atoms with Crippen LogP contribution in [0, 0.1) is 0 Å². The summed E-state index contributed by atoms with van der Waals surface area (Å²) in [5.41, 5.74) is 8.06. The van der Waals surface area contributed by atoms with Crippen LogP contribution in [0.1, 0.15) is 5.56 Å². The van der Waals surface area contributed by atoms with Gasteiger partial charge in [0.25, 0.3) is 0 Å². The monoisotopic (exact) mass is 241 g/mol. The van der Waals surface area contributed by atoms with Crippen LogP contribution in [-0.4, -0.2) is 12.1 Å². The largest absolute Gasteiger partial charge is 0.491 e. The molecule has 4 nitrogen and oxygen atoms in total. The predicted octanol–water partition coefficient (Wildman–Crippen LogP) is 1.28. The fraction of sp³-hybridized carbons (Fsp3) is 0.0769. The van der Waals surface area contributed by atoms with Gasteiger partial charge in [-0.1, -0.05) is 6.07 Å². The molecule has 2 aromatic rings. The molecule has 1 aliphatic rings. The van der Waals surface area contributed by atoms with Gasteiger partial charge in [0.1, 0.15) is 11.5 Å². The second kappa shape index (κ2) is 4.36. The van der Waals surface area contributed by atoms with Crippen molar-refractivity contribution in [3.8, 4) is 11.5 Å². The highest BCUT2D eigenvalue weighted by molar-refractivity contribution is 6.61. The molecule has 5 heteroatoms. The Morgan fingerprint density at radius 2 is 1.83 bits per heavy atom. The number of fused-ring (bicyclic) bond motifs is 1. The molecule has 1 heterocycles. The topological polar surface area (TPSA) is 64.7 Å². The molecule has 90 valence electrons. The molecule has 0 saturated heterocycles. The molecule has 0 fully saturated rings.